The van der Waals surface area contributed by atoms with Crippen LogP contribution in [0.15, 0.2) is 16.5 Å². The average molecular weight is 328 g/mol. The Hall–Kier alpha value is -2.55. The fourth-order valence-corrected chi connectivity index (χ4v) is 2.78. The number of rotatable bonds is 7. The molecule has 2 aromatic heterocycles. The summed E-state index contributed by atoms with van der Waals surface area (Å²) in [6.07, 6.45) is 1.53. The molecule has 0 aliphatic carbocycles. The maximum absolute atomic E-state index is 12.3. The maximum Gasteiger partial charge on any atom is 0.223 e. The van der Waals surface area contributed by atoms with Crippen molar-refractivity contribution in [3.8, 4) is 6.07 Å². The average Bonchev–Trinajstić information content (AvgIpc) is 3.06. The van der Waals surface area contributed by atoms with Crippen LogP contribution in [0.5, 0.6) is 0 Å². The van der Waals surface area contributed by atoms with Crippen molar-refractivity contribution in [3.63, 3.8) is 0 Å². The molecule has 0 radical (unpaired) electrons. The van der Waals surface area contributed by atoms with Gasteiger partial charge >= 0.3 is 0 Å². The summed E-state index contributed by atoms with van der Waals surface area (Å²) in [5.74, 6) is 1.72. The zero-order chi connectivity index (χ0) is 17.7. The minimum atomic E-state index is 0.0765. The van der Waals surface area contributed by atoms with E-state index in [2.05, 4.69) is 11.2 Å². The molecule has 0 aliphatic heterocycles. The van der Waals surface area contributed by atoms with Crippen molar-refractivity contribution in [2.24, 2.45) is 0 Å². The first-order chi connectivity index (χ1) is 11.4. The first kappa shape index (κ1) is 17.8. The highest BCUT2D eigenvalue weighted by atomic mass is 16.3. The number of hydrogen-bond donors (Lipinski definition) is 0. The van der Waals surface area contributed by atoms with Crippen molar-refractivity contribution in [2.75, 3.05) is 7.05 Å². The molecule has 2 heterocycles. The zero-order valence-electron chi connectivity index (χ0n) is 14.8. The Morgan fingerprint density at radius 3 is 2.75 bits per heavy atom. The van der Waals surface area contributed by atoms with Crippen LogP contribution in [0.25, 0.3) is 0 Å². The molecule has 0 saturated carbocycles. The predicted octanol–water partition coefficient (Wildman–Crippen LogP) is 2.91. The van der Waals surface area contributed by atoms with Crippen molar-refractivity contribution in [1.82, 2.24) is 14.7 Å². The molecule has 0 spiro atoms. The molecule has 0 aliphatic rings. The van der Waals surface area contributed by atoms with Gasteiger partial charge in [-0.1, -0.05) is 0 Å². The Bertz CT molecular complexity index is 752. The van der Waals surface area contributed by atoms with Gasteiger partial charge in [0.1, 0.15) is 11.5 Å². The molecule has 128 valence electrons. The van der Waals surface area contributed by atoms with Gasteiger partial charge in [0, 0.05) is 19.2 Å². The Morgan fingerprint density at radius 2 is 2.12 bits per heavy atom. The quantitative estimate of drug-likeness (QED) is 0.783. The number of aryl methyl sites for hydroxylation is 3. The lowest BCUT2D eigenvalue weighted by Crippen LogP contribution is -2.26. The third-order valence-electron chi connectivity index (χ3n) is 4.17. The second-order valence-electron chi connectivity index (χ2n) is 6.04. The number of carbonyl (C=O) groups is 1. The molecule has 0 N–H and O–H groups in total. The van der Waals surface area contributed by atoms with Gasteiger partial charge in [0.05, 0.1) is 31.3 Å². The lowest BCUT2D eigenvalue weighted by molar-refractivity contribution is -0.130. The molecule has 2 rings (SSSR count). The molecule has 0 aromatic carbocycles. The summed E-state index contributed by atoms with van der Waals surface area (Å²) in [6.45, 7) is 6.90. The molecular formula is C18H24N4O2. The summed E-state index contributed by atoms with van der Waals surface area (Å²) >= 11 is 0. The van der Waals surface area contributed by atoms with Gasteiger partial charge in [0.15, 0.2) is 0 Å². The Kier molecular flexibility index (Phi) is 5.80. The van der Waals surface area contributed by atoms with E-state index in [0.717, 1.165) is 28.5 Å². The molecule has 0 bridgehead atoms. The van der Waals surface area contributed by atoms with Gasteiger partial charge in [-0.2, -0.15) is 10.4 Å². The van der Waals surface area contributed by atoms with Crippen LogP contribution in [-0.4, -0.2) is 27.6 Å². The second kappa shape index (κ2) is 7.82. The standard InChI is InChI=1S/C18H24N4O2/c1-13-6-7-16(24-13)12-21(4)18(23)9-8-17-14(2)20-22(15(17)3)11-5-10-19/h6-7H,5,8-9,11-12H2,1-4H3. The van der Waals surface area contributed by atoms with Crippen LogP contribution >= 0.6 is 0 Å². The smallest absolute Gasteiger partial charge is 0.223 e. The summed E-state index contributed by atoms with van der Waals surface area (Å²) in [7, 11) is 1.79. The highest BCUT2D eigenvalue weighted by Gasteiger charge is 2.15. The maximum atomic E-state index is 12.3. The van der Waals surface area contributed by atoms with E-state index in [-0.39, 0.29) is 5.91 Å². The van der Waals surface area contributed by atoms with E-state index in [1.54, 1.807) is 11.9 Å². The van der Waals surface area contributed by atoms with Gasteiger partial charge in [0.2, 0.25) is 5.91 Å². The number of hydrogen-bond acceptors (Lipinski definition) is 4. The molecule has 1 amide bonds. The number of furan rings is 1. The molecule has 2 aromatic rings. The Balaban J connectivity index is 1.93. The SMILES string of the molecule is Cc1ccc(CN(C)C(=O)CCc2c(C)nn(CCC#N)c2C)o1. The predicted molar refractivity (Wildman–Crippen MR) is 90.2 cm³/mol. The molecule has 24 heavy (non-hydrogen) atoms. The largest absolute Gasteiger partial charge is 0.464 e. The molecule has 0 fully saturated rings. The first-order valence-corrected chi connectivity index (χ1v) is 8.11. The van der Waals surface area contributed by atoms with Gasteiger partial charge in [-0.25, -0.2) is 0 Å². The van der Waals surface area contributed by atoms with Crippen LogP contribution in [0.2, 0.25) is 0 Å². The van der Waals surface area contributed by atoms with E-state index >= 15 is 0 Å². The number of carbonyl (C=O) groups excluding carboxylic acids is 1. The van der Waals surface area contributed by atoms with E-state index in [1.165, 1.54) is 0 Å². The van der Waals surface area contributed by atoms with Crippen LogP contribution < -0.4 is 0 Å². The van der Waals surface area contributed by atoms with Crippen LogP contribution in [0, 0.1) is 32.1 Å². The van der Waals surface area contributed by atoms with Gasteiger partial charge in [-0.05, 0) is 44.9 Å². The van der Waals surface area contributed by atoms with Crippen LogP contribution in [-0.2, 0) is 24.3 Å². The van der Waals surface area contributed by atoms with Crippen LogP contribution in [0.4, 0.5) is 0 Å². The van der Waals surface area contributed by atoms with Crippen LogP contribution in [0.1, 0.15) is 41.3 Å². The van der Waals surface area contributed by atoms with Crippen LogP contribution in [0.3, 0.4) is 0 Å². The number of aromatic nitrogens is 2. The monoisotopic (exact) mass is 328 g/mol. The highest BCUT2D eigenvalue weighted by molar-refractivity contribution is 5.76. The lowest BCUT2D eigenvalue weighted by Gasteiger charge is -2.15. The number of nitrogens with zero attached hydrogens (tertiary/aromatic N) is 4. The summed E-state index contributed by atoms with van der Waals surface area (Å²) < 4.78 is 7.37. The molecule has 0 atom stereocenters. The van der Waals surface area contributed by atoms with E-state index in [1.807, 2.05) is 37.6 Å². The summed E-state index contributed by atoms with van der Waals surface area (Å²) in [4.78, 5) is 14.0. The van der Waals surface area contributed by atoms with Crippen molar-refractivity contribution in [2.45, 2.75) is 53.1 Å². The van der Waals surface area contributed by atoms with Crippen molar-refractivity contribution in [1.29, 1.82) is 5.26 Å². The van der Waals surface area contributed by atoms with Crippen molar-refractivity contribution >= 4 is 5.91 Å². The summed E-state index contributed by atoms with van der Waals surface area (Å²) in [5, 5.41) is 13.2. The van der Waals surface area contributed by atoms with E-state index < -0.39 is 0 Å². The fourth-order valence-electron chi connectivity index (χ4n) is 2.78. The molecular weight excluding hydrogens is 304 g/mol. The normalized spacial score (nSPS) is 10.6. The van der Waals surface area contributed by atoms with Crippen molar-refractivity contribution < 1.29 is 9.21 Å². The number of nitriles is 1. The zero-order valence-corrected chi connectivity index (χ0v) is 14.8. The Morgan fingerprint density at radius 1 is 1.38 bits per heavy atom. The van der Waals surface area contributed by atoms with Gasteiger partial charge in [-0.15, -0.1) is 0 Å². The minimum Gasteiger partial charge on any atom is -0.464 e. The van der Waals surface area contributed by atoms with E-state index in [9.17, 15) is 4.79 Å². The topological polar surface area (TPSA) is 75.1 Å². The highest BCUT2D eigenvalue weighted by Crippen LogP contribution is 2.17. The fraction of sp³-hybridized carbons (Fsp3) is 0.500. The third-order valence-corrected chi connectivity index (χ3v) is 4.17. The molecule has 6 nitrogen and oxygen atoms in total. The molecule has 6 heteroatoms. The first-order valence-electron chi connectivity index (χ1n) is 8.11. The lowest BCUT2D eigenvalue weighted by atomic mass is 10.1. The Labute approximate surface area is 142 Å². The molecule has 0 unspecified atom stereocenters. The van der Waals surface area contributed by atoms with Gasteiger partial charge < -0.3 is 9.32 Å². The minimum absolute atomic E-state index is 0.0765. The second-order valence-corrected chi connectivity index (χ2v) is 6.04. The summed E-state index contributed by atoms with van der Waals surface area (Å²) in [5.41, 5.74) is 3.07. The third kappa shape index (κ3) is 4.25. The summed E-state index contributed by atoms with van der Waals surface area (Å²) in [6, 6.07) is 5.93. The van der Waals surface area contributed by atoms with E-state index in [4.69, 9.17) is 9.68 Å². The molecule has 0 saturated heterocycles. The van der Waals surface area contributed by atoms with Gasteiger partial charge in [0.25, 0.3) is 0 Å². The van der Waals surface area contributed by atoms with Crippen molar-refractivity contribution in [3.05, 3.63) is 40.6 Å². The van der Waals surface area contributed by atoms with E-state index in [0.29, 0.717) is 32.4 Å². The van der Waals surface area contributed by atoms with Gasteiger partial charge in [-0.3, -0.25) is 9.48 Å². The number of amides is 1.